The van der Waals surface area contributed by atoms with E-state index in [1.807, 2.05) is 95.9 Å². The molecule has 3 aliphatic heterocycles. The largest absolute Gasteiger partial charge is 0.497 e. The summed E-state index contributed by atoms with van der Waals surface area (Å²) in [6, 6.07) is 33.5. The van der Waals surface area contributed by atoms with E-state index in [0.29, 0.717) is 23.6 Å². The van der Waals surface area contributed by atoms with Gasteiger partial charge in [-0.3, -0.25) is 14.5 Å². The molecule has 0 saturated carbocycles. The van der Waals surface area contributed by atoms with Crippen molar-refractivity contribution < 1.29 is 24.2 Å². The summed E-state index contributed by atoms with van der Waals surface area (Å²) in [7, 11) is -0.632. The number of halogens is 1. The molecule has 0 aliphatic carbocycles. The molecule has 3 aliphatic rings. The summed E-state index contributed by atoms with van der Waals surface area (Å²) in [6.07, 6.45) is 0.112. The molecule has 4 atom stereocenters. The molecule has 0 unspecified atom stereocenters. The van der Waals surface area contributed by atoms with Gasteiger partial charge in [-0.1, -0.05) is 85.3 Å². The van der Waals surface area contributed by atoms with Crippen LogP contribution in [0.15, 0.2) is 103 Å². The number of benzene rings is 5. The summed E-state index contributed by atoms with van der Waals surface area (Å²) in [6.45, 7) is 7.06. The molecule has 0 radical (unpaired) electrons. The molecule has 3 heterocycles. The number of methoxy groups -OCH3 is 1. The zero-order valence-corrected chi connectivity index (χ0v) is 30.3. The zero-order chi connectivity index (χ0) is 34.9. The van der Waals surface area contributed by atoms with Gasteiger partial charge in [-0.15, -0.1) is 0 Å². The van der Waals surface area contributed by atoms with Gasteiger partial charge in [0.2, 0.25) is 0 Å². The van der Waals surface area contributed by atoms with E-state index in [1.165, 1.54) is 5.19 Å². The first kappa shape index (κ1) is 32.7. The predicted octanol–water partition coefficient (Wildman–Crippen LogP) is 7.94. The van der Waals surface area contributed by atoms with Crippen LogP contribution in [0.4, 0.5) is 17.1 Å². The Balaban J connectivity index is 1.13. The number of ether oxygens (including phenoxy) is 2. The van der Waals surface area contributed by atoms with Crippen molar-refractivity contribution in [1.82, 2.24) is 0 Å². The number of hydrogen-bond donors (Lipinski definition) is 1. The van der Waals surface area contributed by atoms with Gasteiger partial charge in [0.15, 0.2) is 5.60 Å². The quantitative estimate of drug-likeness (QED) is 0.166. The number of fused-ring (bicyclic) bond motifs is 2. The molecule has 1 fully saturated rings. The minimum Gasteiger partial charge on any atom is -0.497 e. The van der Waals surface area contributed by atoms with E-state index < -0.39 is 13.7 Å². The highest BCUT2D eigenvalue weighted by Gasteiger charge is 2.66. The molecule has 8 rings (SSSR count). The summed E-state index contributed by atoms with van der Waals surface area (Å²) >= 11 is 6.63. The van der Waals surface area contributed by atoms with Crippen molar-refractivity contribution >= 4 is 64.5 Å². The van der Waals surface area contributed by atoms with Crippen molar-refractivity contribution in [3.63, 3.8) is 0 Å². The van der Waals surface area contributed by atoms with Gasteiger partial charge in [0.1, 0.15) is 5.75 Å². The molecule has 254 valence electrons. The SMILES string of the molecule is COc1ccc([Si](C)(C)[C@@H]2[C@@H](CCO)O[C@]3(C(=O)N(Cc4ccc(N5C(=O)c6cccc7cccc5c67)cc4)c4ccc(Cl)cc43)[C@H]2C)cc1. The molecule has 5 aromatic carbocycles. The first-order valence-electron chi connectivity index (χ1n) is 17.1. The van der Waals surface area contributed by atoms with Crippen molar-refractivity contribution in [2.24, 2.45) is 5.92 Å². The lowest BCUT2D eigenvalue weighted by Gasteiger charge is -2.37. The lowest BCUT2D eigenvalue weighted by Crippen LogP contribution is -2.51. The van der Waals surface area contributed by atoms with Gasteiger partial charge in [-0.2, -0.15) is 0 Å². The molecule has 7 nitrogen and oxygen atoms in total. The second-order valence-corrected chi connectivity index (χ2v) is 19.3. The average Bonchev–Trinajstić information content (AvgIpc) is 3.67. The lowest BCUT2D eigenvalue weighted by molar-refractivity contribution is -0.146. The highest BCUT2D eigenvalue weighted by atomic mass is 35.5. The van der Waals surface area contributed by atoms with Crippen molar-refractivity contribution in [2.45, 2.75) is 50.2 Å². The minimum absolute atomic E-state index is 0.0321. The first-order valence-corrected chi connectivity index (χ1v) is 20.6. The minimum atomic E-state index is -2.29. The van der Waals surface area contributed by atoms with Crippen LogP contribution in [0.25, 0.3) is 10.8 Å². The van der Waals surface area contributed by atoms with Gasteiger partial charge < -0.3 is 19.5 Å². The van der Waals surface area contributed by atoms with Crippen LogP contribution in [-0.4, -0.2) is 44.8 Å². The highest BCUT2D eigenvalue weighted by molar-refractivity contribution is 6.91. The molecular weight excluding hydrogens is 664 g/mol. The Morgan fingerprint density at radius 1 is 0.920 bits per heavy atom. The third-order valence-corrected chi connectivity index (χ3v) is 15.9. The number of amides is 2. The Hall–Kier alpha value is -4.47. The number of carbonyl (C=O) groups excluding carboxylic acids is 2. The number of aliphatic hydroxyl groups excluding tert-OH is 1. The number of nitrogens with zero attached hydrogens (tertiary/aromatic N) is 2. The summed E-state index contributed by atoms with van der Waals surface area (Å²) < 4.78 is 12.4. The Labute approximate surface area is 298 Å². The fourth-order valence-corrected chi connectivity index (χ4v) is 13.2. The van der Waals surface area contributed by atoms with Crippen molar-refractivity contribution in [1.29, 1.82) is 0 Å². The second kappa shape index (κ2) is 12.1. The summed E-state index contributed by atoms with van der Waals surface area (Å²) in [5.41, 5.74) is 3.61. The van der Waals surface area contributed by atoms with Gasteiger partial charge in [0.25, 0.3) is 11.8 Å². The number of carbonyl (C=O) groups is 2. The van der Waals surface area contributed by atoms with Crippen molar-refractivity contribution in [3.8, 4) is 5.75 Å². The van der Waals surface area contributed by atoms with Gasteiger partial charge in [-0.05, 0) is 77.5 Å². The molecule has 0 aromatic heterocycles. The third-order valence-electron chi connectivity index (χ3n) is 11.3. The van der Waals surface area contributed by atoms with Crippen molar-refractivity contribution in [3.05, 3.63) is 125 Å². The second-order valence-electron chi connectivity index (χ2n) is 14.2. The predicted molar refractivity (Wildman–Crippen MR) is 201 cm³/mol. The van der Waals surface area contributed by atoms with E-state index in [4.69, 9.17) is 21.1 Å². The Bertz CT molecular complexity index is 2150. The molecule has 9 heteroatoms. The number of hydrogen-bond acceptors (Lipinski definition) is 5. The van der Waals surface area contributed by atoms with Crippen LogP contribution in [0.2, 0.25) is 23.7 Å². The van der Waals surface area contributed by atoms with E-state index in [0.717, 1.165) is 44.7 Å². The standard InChI is InChI=1S/C41H39ClN2O5Si/c1-25-38(50(3,4)31-18-16-30(48-2)17-19-31)36(21-22-45)49-41(25)33-23-28(42)13-20-34(33)43(40(41)47)24-26-11-14-29(15-12-26)44-35-10-6-8-27-7-5-9-32(37(27)35)39(44)46/h5-20,23,25,36,38,45H,21-22,24H2,1-4H3/t25-,36+,38-,41+/m0/s1. The third kappa shape index (κ3) is 4.77. The van der Waals surface area contributed by atoms with Crippen LogP contribution in [0.5, 0.6) is 5.75 Å². The maximum atomic E-state index is 14.9. The maximum absolute atomic E-state index is 14.9. The lowest BCUT2D eigenvalue weighted by atomic mass is 9.82. The van der Waals surface area contributed by atoms with E-state index >= 15 is 0 Å². The van der Waals surface area contributed by atoms with E-state index in [-0.39, 0.29) is 36.0 Å². The summed E-state index contributed by atoms with van der Waals surface area (Å²) in [5.74, 6) is 0.441. The molecule has 1 N–H and O–H groups in total. The first-order chi connectivity index (χ1) is 24.1. The molecule has 2 amide bonds. The monoisotopic (exact) mass is 702 g/mol. The molecule has 1 spiro atoms. The number of anilines is 3. The number of aliphatic hydroxyl groups is 1. The van der Waals surface area contributed by atoms with E-state index in [9.17, 15) is 14.7 Å². The van der Waals surface area contributed by atoms with Crippen LogP contribution in [0, 0.1) is 5.92 Å². The van der Waals surface area contributed by atoms with Gasteiger partial charge >= 0.3 is 0 Å². The fraction of sp³-hybridized carbons (Fsp3) is 0.268. The molecular formula is C41H39ClN2O5Si. The zero-order valence-electron chi connectivity index (χ0n) is 28.5. The Morgan fingerprint density at radius 2 is 1.64 bits per heavy atom. The van der Waals surface area contributed by atoms with Crippen molar-refractivity contribution in [2.75, 3.05) is 23.5 Å². The molecule has 1 saturated heterocycles. The molecule has 50 heavy (non-hydrogen) atoms. The van der Waals surface area contributed by atoms with E-state index in [1.54, 1.807) is 12.0 Å². The Morgan fingerprint density at radius 3 is 2.34 bits per heavy atom. The topological polar surface area (TPSA) is 79.3 Å². The fourth-order valence-electron chi connectivity index (χ4n) is 8.94. The van der Waals surface area contributed by atoms with Gasteiger partial charge in [0, 0.05) is 34.2 Å². The van der Waals surface area contributed by atoms with Gasteiger partial charge in [-0.25, -0.2) is 0 Å². The smallest absolute Gasteiger partial charge is 0.264 e. The van der Waals surface area contributed by atoms with Crippen LogP contribution in [0.1, 0.15) is 34.8 Å². The Kier molecular flexibility index (Phi) is 7.91. The van der Waals surface area contributed by atoms with Crippen LogP contribution in [0.3, 0.4) is 0 Å². The maximum Gasteiger partial charge on any atom is 0.264 e. The number of rotatable bonds is 8. The van der Waals surface area contributed by atoms with Gasteiger partial charge in [0.05, 0.1) is 44.8 Å². The molecule has 5 aromatic rings. The highest BCUT2D eigenvalue weighted by Crippen LogP contribution is 2.60. The van der Waals surface area contributed by atoms with E-state index in [2.05, 4.69) is 32.2 Å². The average molecular weight is 703 g/mol. The van der Waals surface area contributed by atoms with Crippen LogP contribution >= 0.6 is 11.6 Å². The van der Waals surface area contributed by atoms with Crippen LogP contribution < -0.4 is 19.7 Å². The summed E-state index contributed by atoms with van der Waals surface area (Å²) in [5, 5.41) is 14.0. The normalized spacial score (nSPS) is 22.6. The molecule has 0 bridgehead atoms. The summed E-state index contributed by atoms with van der Waals surface area (Å²) in [4.78, 5) is 32.1. The van der Waals surface area contributed by atoms with Crippen LogP contribution in [-0.2, 0) is 21.7 Å².